The van der Waals surface area contributed by atoms with Gasteiger partial charge in [0.05, 0.1) is 16.4 Å². The fourth-order valence-electron chi connectivity index (χ4n) is 0.951. The highest BCUT2D eigenvalue weighted by Crippen LogP contribution is 2.28. The first-order valence-electron chi connectivity index (χ1n) is 3.60. The van der Waals surface area contributed by atoms with E-state index in [9.17, 15) is 17.6 Å². The van der Waals surface area contributed by atoms with Crippen LogP contribution >= 0.6 is 15.9 Å². The molecule has 0 saturated carbocycles. The molecule has 0 amide bonds. The van der Waals surface area contributed by atoms with Gasteiger partial charge in [-0.15, -0.1) is 0 Å². The zero-order chi connectivity index (χ0) is 10.7. The molecular formula is C9H5BrF4. The summed E-state index contributed by atoms with van der Waals surface area (Å²) in [5, 5.41) is 0. The number of halogens is 5. The van der Waals surface area contributed by atoms with Crippen LogP contribution in [0.4, 0.5) is 17.6 Å². The molecule has 14 heavy (non-hydrogen) atoms. The molecule has 0 bridgehead atoms. The van der Waals surface area contributed by atoms with Gasteiger partial charge in [-0.1, -0.05) is 12.1 Å². The predicted molar refractivity (Wildman–Crippen MR) is 49.2 cm³/mol. The number of rotatable bonds is 2. The first-order chi connectivity index (χ1) is 6.57. The molecule has 0 aliphatic heterocycles. The van der Waals surface area contributed by atoms with E-state index >= 15 is 0 Å². The average Bonchev–Trinajstić information content (AvgIpc) is 2.13. The van der Waals surface area contributed by atoms with E-state index in [2.05, 4.69) is 15.9 Å². The highest BCUT2D eigenvalue weighted by molar-refractivity contribution is 9.10. The van der Waals surface area contributed by atoms with Crippen molar-refractivity contribution in [1.29, 1.82) is 0 Å². The van der Waals surface area contributed by atoms with E-state index in [1.165, 1.54) is 12.1 Å². The van der Waals surface area contributed by atoms with E-state index in [0.29, 0.717) is 0 Å². The SMILES string of the molecule is FC=C(c1cccc(Br)c1F)C(F)F. The first-order valence-corrected chi connectivity index (χ1v) is 4.40. The second kappa shape index (κ2) is 4.59. The molecule has 0 spiro atoms. The molecule has 1 aromatic carbocycles. The van der Waals surface area contributed by atoms with Crippen molar-refractivity contribution in [3.8, 4) is 0 Å². The number of allylic oxidation sites excluding steroid dienone is 1. The first kappa shape index (κ1) is 11.2. The molecule has 0 aliphatic carbocycles. The Balaban J connectivity index is 3.25. The van der Waals surface area contributed by atoms with Gasteiger partial charge in [0.2, 0.25) is 0 Å². The smallest absolute Gasteiger partial charge is 0.215 e. The van der Waals surface area contributed by atoms with E-state index in [1.54, 1.807) is 0 Å². The van der Waals surface area contributed by atoms with E-state index in [-0.39, 0.29) is 10.8 Å². The molecular weight excluding hydrogens is 264 g/mol. The molecule has 0 N–H and O–H groups in total. The van der Waals surface area contributed by atoms with Crippen LogP contribution in [0.5, 0.6) is 0 Å². The Morgan fingerprint density at radius 1 is 1.36 bits per heavy atom. The van der Waals surface area contributed by atoms with Gasteiger partial charge in [0, 0.05) is 5.56 Å². The fraction of sp³-hybridized carbons (Fsp3) is 0.111. The van der Waals surface area contributed by atoms with Crippen molar-refractivity contribution in [3.63, 3.8) is 0 Å². The normalized spacial score (nSPS) is 12.3. The molecule has 0 aromatic heterocycles. The zero-order valence-corrected chi connectivity index (χ0v) is 8.36. The van der Waals surface area contributed by atoms with Crippen LogP contribution in [0.15, 0.2) is 29.0 Å². The topological polar surface area (TPSA) is 0 Å². The van der Waals surface area contributed by atoms with Crippen molar-refractivity contribution >= 4 is 21.5 Å². The molecule has 1 aromatic rings. The van der Waals surface area contributed by atoms with Gasteiger partial charge < -0.3 is 0 Å². The third-order valence-electron chi connectivity index (χ3n) is 1.62. The Hall–Kier alpha value is -0.840. The molecule has 0 aliphatic rings. The summed E-state index contributed by atoms with van der Waals surface area (Å²) in [5.74, 6) is -0.892. The molecule has 0 nitrogen and oxygen atoms in total. The van der Waals surface area contributed by atoms with Crippen LogP contribution in [0.3, 0.4) is 0 Å². The molecule has 0 atom stereocenters. The second-order valence-electron chi connectivity index (χ2n) is 2.47. The Labute approximate surface area is 86.4 Å². The largest absolute Gasteiger partial charge is 0.266 e. The fourth-order valence-corrected chi connectivity index (χ4v) is 1.32. The van der Waals surface area contributed by atoms with Gasteiger partial charge in [-0.25, -0.2) is 17.6 Å². The summed E-state index contributed by atoms with van der Waals surface area (Å²) in [6.45, 7) is 0. The van der Waals surface area contributed by atoms with E-state index in [1.807, 2.05) is 0 Å². The third-order valence-corrected chi connectivity index (χ3v) is 2.23. The van der Waals surface area contributed by atoms with Crippen molar-refractivity contribution in [2.75, 3.05) is 0 Å². The van der Waals surface area contributed by atoms with Crippen LogP contribution in [-0.2, 0) is 0 Å². The van der Waals surface area contributed by atoms with Gasteiger partial charge in [-0.05, 0) is 22.0 Å². The molecule has 0 saturated heterocycles. The van der Waals surface area contributed by atoms with Crippen LogP contribution in [0, 0.1) is 5.82 Å². The minimum absolute atomic E-state index is 0.0231. The monoisotopic (exact) mass is 268 g/mol. The molecule has 1 rings (SSSR count). The van der Waals surface area contributed by atoms with Crippen molar-refractivity contribution in [2.45, 2.75) is 6.43 Å². The molecule has 0 fully saturated rings. The second-order valence-corrected chi connectivity index (χ2v) is 3.32. The van der Waals surface area contributed by atoms with Crippen molar-refractivity contribution in [1.82, 2.24) is 0 Å². The van der Waals surface area contributed by atoms with Gasteiger partial charge >= 0.3 is 0 Å². The summed E-state index contributed by atoms with van der Waals surface area (Å²) in [5.41, 5.74) is -1.39. The van der Waals surface area contributed by atoms with Crippen molar-refractivity contribution < 1.29 is 17.6 Å². The maximum Gasteiger partial charge on any atom is 0.266 e. The molecule has 76 valence electrons. The van der Waals surface area contributed by atoms with Crippen LogP contribution < -0.4 is 0 Å². The Morgan fingerprint density at radius 3 is 2.50 bits per heavy atom. The Morgan fingerprint density at radius 2 is 2.00 bits per heavy atom. The Kier molecular flexibility index (Phi) is 3.69. The minimum Gasteiger partial charge on any atom is -0.215 e. The van der Waals surface area contributed by atoms with Crippen LogP contribution in [0.25, 0.3) is 5.57 Å². The van der Waals surface area contributed by atoms with Gasteiger partial charge in [0.25, 0.3) is 6.43 Å². The van der Waals surface area contributed by atoms with E-state index in [0.717, 1.165) is 6.07 Å². The zero-order valence-electron chi connectivity index (χ0n) is 6.78. The van der Waals surface area contributed by atoms with E-state index in [4.69, 9.17) is 0 Å². The lowest BCUT2D eigenvalue weighted by atomic mass is 10.1. The predicted octanol–water partition coefficient (Wildman–Crippen LogP) is 4.16. The van der Waals surface area contributed by atoms with Crippen molar-refractivity contribution in [2.24, 2.45) is 0 Å². The number of hydrogen-bond acceptors (Lipinski definition) is 0. The average molecular weight is 269 g/mol. The summed E-state index contributed by atoms with van der Waals surface area (Å²) < 4.78 is 49.7. The number of hydrogen-bond donors (Lipinski definition) is 0. The highest BCUT2D eigenvalue weighted by Gasteiger charge is 2.18. The van der Waals surface area contributed by atoms with Gasteiger partial charge in [-0.3, -0.25) is 0 Å². The van der Waals surface area contributed by atoms with Crippen LogP contribution in [0.2, 0.25) is 0 Å². The van der Waals surface area contributed by atoms with Gasteiger partial charge in [0.15, 0.2) is 0 Å². The number of alkyl halides is 2. The maximum atomic E-state index is 13.2. The standard InChI is InChI=1S/C9H5BrF4/c10-7-3-1-2-5(8(7)12)6(4-11)9(13)14/h1-4,9H. The number of benzene rings is 1. The summed E-state index contributed by atoms with van der Waals surface area (Å²) in [7, 11) is 0. The minimum atomic E-state index is -3.04. The lowest BCUT2D eigenvalue weighted by Gasteiger charge is -2.06. The molecule has 0 unspecified atom stereocenters. The summed E-state index contributed by atoms with van der Waals surface area (Å²) in [4.78, 5) is 0. The van der Waals surface area contributed by atoms with Crippen LogP contribution in [0.1, 0.15) is 5.56 Å². The lowest BCUT2D eigenvalue weighted by Crippen LogP contribution is -1.99. The molecule has 5 heteroatoms. The molecule has 0 radical (unpaired) electrons. The van der Waals surface area contributed by atoms with Crippen molar-refractivity contribution in [3.05, 3.63) is 40.4 Å². The quantitative estimate of drug-likeness (QED) is 0.707. The van der Waals surface area contributed by atoms with Crippen LogP contribution in [-0.4, -0.2) is 6.43 Å². The lowest BCUT2D eigenvalue weighted by molar-refractivity contribution is 0.213. The van der Waals surface area contributed by atoms with Gasteiger partial charge in [0.1, 0.15) is 5.82 Å². The summed E-state index contributed by atoms with van der Waals surface area (Å²) in [6, 6.07) is 3.80. The third kappa shape index (κ3) is 2.15. The summed E-state index contributed by atoms with van der Waals surface area (Å²) >= 11 is 2.82. The summed E-state index contributed by atoms with van der Waals surface area (Å²) in [6.07, 6.45) is -3.32. The maximum absolute atomic E-state index is 13.2. The highest BCUT2D eigenvalue weighted by atomic mass is 79.9. The van der Waals surface area contributed by atoms with Gasteiger partial charge in [-0.2, -0.15) is 0 Å². The Bertz CT molecular complexity index is 360. The van der Waals surface area contributed by atoms with E-state index < -0.39 is 23.4 Å². The molecule has 0 heterocycles.